The Kier molecular flexibility index (Phi) is 4.56. The van der Waals surface area contributed by atoms with Crippen molar-refractivity contribution in [2.24, 2.45) is 5.73 Å². The molecule has 0 spiro atoms. The molecule has 0 fully saturated rings. The van der Waals surface area contributed by atoms with Crippen molar-refractivity contribution < 1.29 is 27.0 Å². The lowest BCUT2D eigenvalue weighted by Gasteiger charge is -2.16. The van der Waals surface area contributed by atoms with E-state index in [9.17, 15) is 17.6 Å². The Hall–Kier alpha value is -1.50. The third kappa shape index (κ3) is 4.10. The van der Waals surface area contributed by atoms with Crippen molar-refractivity contribution in [2.45, 2.75) is 12.5 Å². The van der Waals surface area contributed by atoms with Crippen molar-refractivity contribution in [1.29, 1.82) is 0 Å². The highest BCUT2D eigenvalue weighted by Gasteiger charge is 2.43. The lowest BCUT2D eigenvalue weighted by molar-refractivity contribution is -0.253. The Bertz CT molecular complexity index is 343. The molecule has 0 aliphatic rings. The average molecular weight is 253 g/mol. The number of hydrogen-bond donors (Lipinski definition) is 1. The number of halogens is 4. The van der Waals surface area contributed by atoms with Gasteiger partial charge in [0.2, 0.25) is 0 Å². The van der Waals surface area contributed by atoms with E-state index in [0.717, 1.165) is 12.1 Å². The highest BCUT2D eigenvalue weighted by molar-refractivity contribution is 5.31. The Balaban J connectivity index is 2.62. The summed E-state index contributed by atoms with van der Waals surface area (Å²) in [6.45, 7) is 0.578. The highest BCUT2D eigenvalue weighted by atomic mass is 19.3. The number of ether oxygens (including phenoxy) is 2. The van der Waals surface area contributed by atoms with E-state index in [0.29, 0.717) is 12.3 Å². The molecule has 0 amide bonds. The van der Waals surface area contributed by atoms with E-state index in [4.69, 9.17) is 10.5 Å². The molecule has 0 aliphatic carbocycles. The summed E-state index contributed by atoms with van der Waals surface area (Å²) in [7, 11) is 0. The van der Waals surface area contributed by atoms with Crippen LogP contribution in [0.4, 0.5) is 17.6 Å². The first-order chi connectivity index (χ1) is 7.95. The van der Waals surface area contributed by atoms with E-state index in [2.05, 4.69) is 4.74 Å². The fourth-order valence-electron chi connectivity index (χ4n) is 0.982. The molecule has 2 N–H and O–H groups in total. The van der Waals surface area contributed by atoms with Crippen LogP contribution in [-0.2, 0) is 0 Å². The van der Waals surface area contributed by atoms with Gasteiger partial charge in [0, 0.05) is 6.54 Å². The van der Waals surface area contributed by atoms with Crippen LogP contribution < -0.4 is 15.2 Å². The second-order valence-electron chi connectivity index (χ2n) is 3.07. The van der Waals surface area contributed by atoms with Crippen LogP contribution in [0.1, 0.15) is 0 Å². The van der Waals surface area contributed by atoms with Gasteiger partial charge < -0.3 is 15.2 Å². The van der Waals surface area contributed by atoms with Crippen molar-refractivity contribution in [3.05, 3.63) is 24.3 Å². The average Bonchev–Trinajstić information content (AvgIpc) is 2.27. The summed E-state index contributed by atoms with van der Waals surface area (Å²) in [5, 5.41) is 0. The van der Waals surface area contributed by atoms with Crippen LogP contribution in [0.3, 0.4) is 0 Å². The van der Waals surface area contributed by atoms with Gasteiger partial charge in [-0.25, -0.2) is 0 Å². The Morgan fingerprint density at radius 3 is 2.12 bits per heavy atom. The summed E-state index contributed by atoms with van der Waals surface area (Å²) in [6.07, 6.45) is -8.38. The highest BCUT2D eigenvalue weighted by Crippen LogP contribution is 2.28. The molecule has 0 saturated heterocycles. The molecule has 0 atom stereocenters. The molecule has 0 radical (unpaired) electrons. The molecule has 0 bridgehead atoms. The van der Waals surface area contributed by atoms with Gasteiger partial charge >= 0.3 is 12.5 Å². The summed E-state index contributed by atoms with van der Waals surface area (Å²) in [5.41, 5.74) is 5.19. The zero-order valence-corrected chi connectivity index (χ0v) is 8.71. The first kappa shape index (κ1) is 13.6. The van der Waals surface area contributed by atoms with Gasteiger partial charge in [-0.2, -0.15) is 17.6 Å². The quantitative estimate of drug-likeness (QED) is 0.791. The van der Waals surface area contributed by atoms with Gasteiger partial charge in [-0.15, -0.1) is 0 Å². The zero-order valence-electron chi connectivity index (χ0n) is 8.71. The molecule has 0 heterocycles. The maximum Gasteiger partial charge on any atom is 0.461 e. The molecular formula is C10H11F4NO2. The lowest BCUT2D eigenvalue weighted by atomic mass is 10.3. The predicted octanol–water partition coefficient (Wildman–Crippen LogP) is 2.26. The SMILES string of the molecule is NCCOc1ccc(OC(F)(F)C(F)F)cc1. The fraction of sp³-hybridized carbons (Fsp3) is 0.400. The number of hydrogen-bond acceptors (Lipinski definition) is 3. The van der Waals surface area contributed by atoms with Crippen LogP contribution in [0.15, 0.2) is 24.3 Å². The fourth-order valence-corrected chi connectivity index (χ4v) is 0.982. The first-order valence-electron chi connectivity index (χ1n) is 4.73. The zero-order chi connectivity index (χ0) is 12.9. The van der Waals surface area contributed by atoms with Crippen molar-refractivity contribution in [1.82, 2.24) is 0 Å². The Morgan fingerprint density at radius 2 is 1.65 bits per heavy atom. The normalized spacial score (nSPS) is 11.6. The van der Waals surface area contributed by atoms with E-state index >= 15 is 0 Å². The monoisotopic (exact) mass is 253 g/mol. The van der Waals surface area contributed by atoms with Crippen molar-refractivity contribution >= 4 is 0 Å². The third-order valence-electron chi connectivity index (χ3n) is 1.72. The largest absolute Gasteiger partial charge is 0.492 e. The topological polar surface area (TPSA) is 44.5 Å². The van der Waals surface area contributed by atoms with E-state index in [1.807, 2.05) is 0 Å². The lowest BCUT2D eigenvalue weighted by Crippen LogP contribution is -2.33. The minimum atomic E-state index is -4.50. The smallest absolute Gasteiger partial charge is 0.461 e. The Morgan fingerprint density at radius 1 is 1.12 bits per heavy atom. The van der Waals surface area contributed by atoms with Crippen LogP contribution in [-0.4, -0.2) is 25.7 Å². The van der Waals surface area contributed by atoms with Gasteiger partial charge in [-0.1, -0.05) is 0 Å². The summed E-state index contributed by atoms with van der Waals surface area (Å²) < 4.78 is 57.6. The molecule has 3 nitrogen and oxygen atoms in total. The van der Waals surface area contributed by atoms with Gasteiger partial charge in [0.05, 0.1) is 0 Å². The van der Waals surface area contributed by atoms with E-state index in [1.54, 1.807) is 0 Å². The molecule has 0 saturated carbocycles. The van der Waals surface area contributed by atoms with Crippen LogP contribution in [0.25, 0.3) is 0 Å². The van der Waals surface area contributed by atoms with E-state index in [1.165, 1.54) is 12.1 Å². The van der Waals surface area contributed by atoms with Crippen molar-refractivity contribution in [2.75, 3.05) is 13.2 Å². The number of rotatable bonds is 6. The molecule has 0 unspecified atom stereocenters. The van der Waals surface area contributed by atoms with Crippen molar-refractivity contribution in [3.63, 3.8) is 0 Å². The predicted molar refractivity (Wildman–Crippen MR) is 52.6 cm³/mol. The van der Waals surface area contributed by atoms with Gasteiger partial charge in [-0.3, -0.25) is 0 Å². The standard InChI is InChI=1S/C10H11F4NO2/c11-9(12)10(13,14)17-8-3-1-7(2-4-8)16-6-5-15/h1-4,9H,5-6,15H2. The molecule has 0 aromatic heterocycles. The number of benzene rings is 1. The molecule has 1 rings (SSSR count). The molecule has 96 valence electrons. The summed E-state index contributed by atoms with van der Waals surface area (Å²) >= 11 is 0. The summed E-state index contributed by atoms with van der Waals surface area (Å²) in [4.78, 5) is 0. The van der Waals surface area contributed by atoms with Crippen molar-refractivity contribution in [3.8, 4) is 11.5 Å². The van der Waals surface area contributed by atoms with Crippen LogP contribution in [0.5, 0.6) is 11.5 Å². The van der Waals surface area contributed by atoms with Gasteiger partial charge in [0.25, 0.3) is 0 Å². The number of alkyl halides is 4. The minimum absolute atomic E-state index is 0.271. The maximum atomic E-state index is 12.5. The van der Waals surface area contributed by atoms with Crippen LogP contribution in [0.2, 0.25) is 0 Å². The van der Waals surface area contributed by atoms with Crippen LogP contribution in [0, 0.1) is 0 Å². The molecule has 7 heteroatoms. The summed E-state index contributed by atoms with van der Waals surface area (Å²) in [6, 6.07) is 4.88. The van der Waals surface area contributed by atoms with Gasteiger partial charge in [0.15, 0.2) is 0 Å². The third-order valence-corrected chi connectivity index (χ3v) is 1.72. The number of nitrogens with two attached hydrogens (primary N) is 1. The molecule has 1 aromatic rings. The maximum absolute atomic E-state index is 12.5. The Labute approximate surface area is 95.1 Å². The van der Waals surface area contributed by atoms with Crippen LogP contribution >= 0.6 is 0 Å². The molecule has 1 aromatic carbocycles. The van der Waals surface area contributed by atoms with Gasteiger partial charge in [-0.05, 0) is 24.3 Å². The van der Waals surface area contributed by atoms with Gasteiger partial charge in [0.1, 0.15) is 18.1 Å². The minimum Gasteiger partial charge on any atom is -0.492 e. The van der Waals surface area contributed by atoms with E-state index in [-0.39, 0.29) is 12.4 Å². The molecular weight excluding hydrogens is 242 g/mol. The summed E-state index contributed by atoms with van der Waals surface area (Å²) in [5.74, 6) is 0.0264. The van der Waals surface area contributed by atoms with E-state index < -0.39 is 12.5 Å². The second kappa shape index (κ2) is 5.72. The first-order valence-corrected chi connectivity index (χ1v) is 4.73. The molecule has 0 aliphatic heterocycles. The molecule has 17 heavy (non-hydrogen) atoms. The second-order valence-corrected chi connectivity index (χ2v) is 3.07.